The normalized spacial score (nSPS) is 11.2. The molecule has 2 rings (SSSR count). The molecular weight excluding hydrogens is 370 g/mol. The van der Waals surface area contributed by atoms with Crippen molar-refractivity contribution in [3.8, 4) is 11.5 Å². The Balaban J connectivity index is 1.85. The monoisotopic (exact) mass is 385 g/mol. The van der Waals surface area contributed by atoms with E-state index in [9.17, 15) is 8.42 Å². The molecule has 0 amide bonds. The first kappa shape index (κ1) is 16.8. The van der Waals surface area contributed by atoms with Gasteiger partial charge in [-0.2, -0.15) is 0 Å². The summed E-state index contributed by atoms with van der Waals surface area (Å²) >= 11 is 3.33. The number of hydrogen-bond donors (Lipinski definition) is 1. The van der Waals surface area contributed by atoms with E-state index in [1.54, 1.807) is 12.1 Å². The first-order chi connectivity index (χ1) is 10.5. The molecule has 0 heterocycles. The number of sulfonamides is 1. The van der Waals surface area contributed by atoms with Gasteiger partial charge in [0, 0.05) is 11.0 Å². The number of nitrogens with one attached hydrogen (secondary N) is 1. The predicted molar refractivity (Wildman–Crippen MR) is 87.8 cm³/mol. The highest BCUT2D eigenvalue weighted by molar-refractivity contribution is 9.10. The molecule has 7 heteroatoms. The van der Waals surface area contributed by atoms with E-state index >= 15 is 0 Å². The first-order valence-electron chi connectivity index (χ1n) is 6.53. The van der Waals surface area contributed by atoms with Crippen LogP contribution in [0.3, 0.4) is 0 Å². The Kier molecular flexibility index (Phi) is 5.82. The van der Waals surface area contributed by atoms with E-state index in [-0.39, 0.29) is 18.0 Å². The standard InChI is InChI=1S/C15H16BrNO4S/c1-20-13-6-8-15(9-7-13)22(18,19)17-10-11-21-14-4-2-12(16)3-5-14/h2-9,17H,10-11H2,1H3. The van der Waals surface area contributed by atoms with Gasteiger partial charge in [0.15, 0.2) is 0 Å². The average molecular weight is 386 g/mol. The van der Waals surface area contributed by atoms with Gasteiger partial charge in [0.2, 0.25) is 10.0 Å². The molecule has 22 heavy (non-hydrogen) atoms. The van der Waals surface area contributed by atoms with Gasteiger partial charge >= 0.3 is 0 Å². The van der Waals surface area contributed by atoms with Crippen LogP contribution in [0.4, 0.5) is 0 Å². The summed E-state index contributed by atoms with van der Waals surface area (Å²) in [7, 11) is -2.01. The number of ether oxygens (including phenoxy) is 2. The van der Waals surface area contributed by atoms with Gasteiger partial charge < -0.3 is 9.47 Å². The van der Waals surface area contributed by atoms with Crippen LogP contribution >= 0.6 is 15.9 Å². The van der Waals surface area contributed by atoms with Gasteiger partial charge in [-0.3, -0.25) is 0 Å². The molecule has 0 aliphatic heterocycles. The second-order valence-electron chi connectivity index (χ2n) is 4.38. The minimum atomic E-state index is -3.54. The van der Waals surface area contributed by atoms with Crippen LogP contribution in [0.5, 0.6) is 11.5 Å². The molecule has 118 valence electrons. The molecule has 0 saturated carbocycles. The van der Waals surface area contributed by atoms with Gasteiger partial charge in [-0.1, -0.05) is 15.9 Å². The third-order valence-corrected chi connectivity index (χ3v) is 4.85. The van der Waals surface area contributed by atoms with Gasteiger partial charge in [-0.05, 0) is 48.5 Å². The average Bonchev–Trinajstić information content (AvgIpc) is 2.53. The van der Waals surface area contributed by atoms with Crippen LogP contribution in [0, 0.1) is 0 Å². The topological polar surface area (TPSA) is 64.6 Å². The van der Waals surface area contributed by atoms with E-state index in [0.717, 1.165) is 4.47 Å². The largest absolute Gasteiger partial charge is 0.497 e. The van der Waals surface area contributed by atoms with Crippen LogP contribution in [0.15, 0.2) is 57.9 Å². The summed E-state index contributed by atoms with van der Waals surface area (Å²) in [5.74, 6) is 1.30. The first-order valence-corrected chi connectivity index (χ1v) is 8.81. The Bertz CT molecular complexity index is 699. The Morgan fingerprint density at radius 2 is 1.59 bits per heavy atom. The van der Waals surface area contributed by atoms with E-state index in [4.69, 9.17) is 9.47 Å². The minimum Gasteiger partial charge on any atom is -0.497 e. The highest BCUT2D eigenvalue weighted by Gasteiger charge is 2.13. The van der Waals surface area contributed by atoms with Crippen LogP contribution in [-0.4, -0.2) is 28.7 Å². The number of halogens is 1. The van der Waals surface area contributed by atoms with Crippen molar-refractivity contribution >= 4 is 26.0 Å². The number of benzene rings is 2. The third kappa shape index (κ3) is 4.72. The summed E-state index contributed by atoms with van der Waals surface area (Å²) in [6.07, 6.45) is 0. The summed E-state index contributed by atoms with van der Waals surface area (Å²) in [6.45, 7) is 0.432. The van der Waals surface area contributed by atoms with Gasteiger partial charge in [0.25, 0.3) is 0 Å². The molecule has 0 saturated heterocycles. The summed E-state index contributed by atoms with van der Waals surface area (Å²) in [5, 5.41) is 0. The molecule has 0 fully saturated rings. The van der Waals surface area contributed by atoms with Crippen LogP contribution in [0.2, 0.25) is 0 Å². The molecule has 0 atom stereocenters. The number of hydrogen-bond acceptors (Lipinski definition) is 4. The van der Waals surface area contributed by atoms with Gasteiger partial charge in [0.05, 0.1) is 12.0 Å². The summed E-state index contributed by atoms with van der Waals surface area (Å²) < 4.78 is 38.1. The molecule has 0 aliphatic carbocycles. The van der Waals surface area contributed by atoms with Crippen molar-refractivity contribution in [2.75, 3.05) is 20.3 Å². The highest BCUT2D eigenvalue weighted by Crippen LogP contribution is 2.16. The zero-order valence-corrected chi connectivity index (χ0v) is 14.4. The second-order valence-corrected chi connectivity index (χ2v) is 7.06. The van der Waals surface area contributed by atoms with E-state index in [1.807, 2.05) is 24.3 Å². The lowest BCUT2D eigenvalue weighted by Crippen LogP contribution is -2.28. The maximum atomic E-state index is 12.1. The minimum absolute atomic E-state index is 0.185. The molecule has 0 bridgehead atoms. The Labute approximate surface area is 138 Å². The SMILES string of the molecule is COc1ccc(S(=O)(=O)NCCOc2ccc(Br)cc2)cc1. The second kappa shape index (κ2) is 7.62. The lowest BCUT2D eigenvalue weighted by molar-refractivity contribution is 0.323. The quantitative estimate of drug-likeness (QED) is 0.744. The Morgan fingerprint density at radius 3 is 2.18 bits per heavy atom. The Morgan fingerprint density at radius 1 is 1.00 bits per heavy atom. The van der Waals surface area contributed by atoms with Crippen molar-refractivity contribution in [1.82, 2.24) is 4.72 Å². The van der Waals surface area contributed by atoms with Crippen molar-refractivity contribution in [3.63, 3.8) is 0 Å². The van der Waals surface area contributed by atoms with Crippen molar-refractivity contribution in [1.29, 1.82) is 0 Å². The predicted octanol–water partition coefficient (Wildman–Crippen LogP) is 2.82. The number of rotatable bonds is 7. The van der Waals surface area contributed by atoms with Gasteiger partial charge in [0.1, 0.15) is 18.1 Å². The van der Waals surface area contributed by atoms with Crippen molar-refractivity contribution in [3.05, 3.63) is 53.0 Å². The van der Waals surface area contributed by atoms with Crippen LogP contribution in [-0.2, 0) is 10.0 Å². The van der Waals surface area contributed by atoms with E-state index in [2.05, 4.69) is 20.7 Å². The molecule has 0 aliphatic rings. The Hall–Kier alpha value is -1.57. The summed E-state index contributed by atoms with van der Waals surface area (Å²) in [5.41, 5.74) is 0. The van der Waals surface area contributed by atoms with Gasteiger partial charge in [-0.15, -0.1) is 0 Å². The maximum Gasteiger partial charge on any atom is 0.240 e. The fourth-order valence-corrected chi connectivity index (χ4v) is 2.99. The van der Waals surface area contributed by atoms with E-state index < -0.39 is 10.0 Å². The molecular formula is C15H16BrNO4S. The smallest absolute Gasteiger partial charge is 0.240 e. The van der Waals surface area contributed by atoms with Crippen molar-refractivity contribution in [2.45, 2.75) is 4.90 Å². The molecule has 0 unspecified atom stereocenters. The zero-order valence-electron chi connectivity index (χ0n) is 12.0. The lowest BCUT2D eigenvalue weighted by Gasteiger charge is -2.09. The maximum absolute atomic E-state index is 12.1. The van der Waals surface area contributed by atoms with Crippen molar-refractivity contribution < 1.29 is 17.9 Å². The molecule has 0 spiro atoms. The molecule has 0 aromatic heterocycles. The fourth-order valence-electron chi connectivity index (χ4n) is 1.71. The van der Waals surface area contributed by atoms with Crippen LogP contribution < -0.4 is 14.2 Å². The fraction of sp³-hybridized carbons (Fsp3) is 0.200. The van der Waals surface area contributed by atoms with Gasteiger partial charge in [-0.25, -0.2) is 13.1 Å². The molecule has 0 radical (unpaired) electrons. The van der Waals surface area contributed by atoms with Crippen LogP contribution in [0.1, 0.15) is 0 Å². The molecule has 2 aromatic carbocycles. The molecule has 5 nitrogen and oxygen atoms in total. The molecule has 2 aromatic rings. The highest BCUT2D eigenvalue weighted by atomic mass is 79.9. The lowest BCUT2D eigenvalue weighted by atomic mass is 10.3. The zero-order chi connectivity index (χ0) is 16.0. The van der Waals surface area contributed by atoms with Crippen LogP contribution in [0.25, 0.3) is 0 Å². The summed E-state index contributed by atoms with van der Waals surface area (Å²) in [4.78, 5) is 0.192. The van der Waals surface area contributed by atoms with Crippen molar-refractivity contribution in [2.24, 2.45) is 0 Å². The summed E-state index contributed by atoms with van der Waals surface area (Å²) in [6, 6.07) is 13.5. The number of methoxy groups -OCH3 is 1. The van der Waals surface area contributed by atoms with E-state index in [1.165, 1.54) is 19.2 Å². The molecule has 1 N–H and O–H groups in total. The third-order valence-electron chi connectivity index (χ3n) is 2.85. The van der Waals surface area contributed by atoms with E-state index in [0.29, 0.717) is 11.5 Å².